The van der Waals surface area contributed by atoms with Gasteiger partial charge in [-0.2, -0.15) is 0 Å². The van der Waals surface area contributed by atoms with Gasteiger partial charge in [0.2, 0.25) is 0 Å². The standard InChI is InChI=1S/C14H29NO/c1-4-5-12-6-8-13(9-7-12)10-15-14(2,3)11-16/h12-13,15-16H,4-11H2,1-3H3. The fraction of sp³-hybridized carbons (Fsp3) is 1.00. The van der Waals surface area contributed by atoms with Crippen molar-refractivity contribution in [2.45, 2.75) is 64.8 Å². The Balaban J connectivity index is 2.17. The maximum absolute atomic E-state index is 9.17. The molecule has 0 radical (unpaired) electrons. The number of hydrogen-bond donors (Lipinski definition) is 2. The molecule has 1 aliphatic rings. The van der Waals surface area contributed by atoms with Gasteiger partial charge in [-0.1, -0.05) is 32.6 Å². The van der Waals surface area contributed by atoms with Gasteiger partial charge in [0.05, 0.1) is 6.61 Å². The van der Waals surface area contributed by atoms with Crippen LogP contribution in [0.4, 0.5) is 0 Å². The lowest BCUT2D eigenvalue weighted by molar-refractivity contribution is 0.171. The first-order valence-corrected chi connectivity index (χ1v) is 6.93. The van der Waals surface area contributed by atoms with E-state index in [9.17, 15) is 5.11 Å². The van der Waals surface area contributed by atoms with Crippen molar-refractivity contribution in [1.82, 2.24) is 5.32 Å². The Hall–Kier alpha value is -0.0800. The minimum absolute atomic E-state index is 0.111. The topological polar surface area (TPSA) is 32.3 Å². The highest BCUT2D eigenvalue weighted by atomic mass is 16.3. The van der Waals surface area contributed by atoms with Crippen LogP contribution in [0.15, 0.2) is 0 Å². The fourth-order valence-electron chi connectivity index (χ4n) is 2.61. The Morgan fingerprint density at radius 1 is 1.12 bits per heavy atom. The maximum atomic E-state index is 9.17. The number of hydrogen-bond acceptors (Lipinski definition) is 2. The molecule has 1 fully saturated rings. The Bertz CT molecular complexity index is 183. The van der Waals surface area contributed by atoms with E-state index in [1.807, 2.05) is 0 Å². The quantitative estimate of drug-likeness (QED) is 0.731. The summed E-state index contributed by atoms with van der Waals surface area (Å²) in [4.78, 5) is 0. The van der Waals surface area contributed by atoms with Crippen LogP contribution in [0.1, 0.15) is 59.3 Å². The normalized spacial score (nSPS) is 27.0. The van der Waals surface area contributed by atoms with E-state index in [4.69, 9.17) is 0 Å². The summed E-state index contributed by atoms with van der Waals surface area (Å²) in [7, 11) is 0. The highest BCUT2D eigenvalue weighted by Crippen LogP contribution is 2.31. The van der Waals surface area contributed by atoms with Crippen LogP contribution in [0.2, 0.25) is 0 Å². The van der Waals surface area contributed by atoms with Crippen LogP contribution in [-0.2, 0) is 0 Å². The zero-order valence-corrected chi connectivity index (χ0v) is 11.3. The Morgan fingerprint density at radius 3 is 2.19 bits per heavy atom. The second-order valence-electron chi connectivity index (χ2n) is 6.10. The maximum Gasteiger partial charge on any atom is 0.0607 e. The lowest BCUT2D eigenvalue weighted by Crippen LogP contribution is -2.45. The van der Waals surface area contributed by atoms with Crippen LogP contribution < -0.4 is 5.32 Å². The van der Waals surface area contributed by atoms with Gasteiger partial charge in [0.25, 0.3) is 0 Å². The van der Waals surface area contributed by atoms with Crippen molar-refractivity contribution in [2.75, 3.05) is 13.2 Å². The zero-order chi connectivity index (χ0) is 12.0. The molecule has 0 aromatic heterocycles. The first kappa shape index (κ1) is 14.0. The van der Waals surface area contributed by atoms with E-state index >= 15 is 0 Å². The number of aliphatic hydroxyl groups excluding tert-OH is 1. The molecule has 96 valence electrons. The number of rotatable bonds is 6. The van der Waals surface area contributed by atoms with Crippen molar-refractivity contribution in [3.63, 3.8) is 0 Å². The predicted octanol–water partition coefficient (Wildman–Crippen LogP) is 2.95. The molecule has 0 unspecified atom stereocenters. The summed E-state index contributed by atoms with van der Waals surface area (Å²) in [6.45, 7) is 7.72. The van der Waals surface area contributed by atoms with Gasteiger partial charge in [-0.3, -0.25) is 0 Å². The number of aliphatic hydroxyl groups is 1. The molecule has 2 heteroatoms. The van der Waals surface area contributed by atoms with Crippen molar-refractivity contribution < 1.29 is 5.11 Å². The van der Waals surface area contributed by atoms with Gasteiger partial charge < -0.3 is 10.4 Å². The molecule has 0 bridgehead atoms. The third-order valence-electron chi connectivity index (χ3n) is 3.93. The summed E-state index contributed by atoms with van der Waals surface area (Å²) in [5.41, 5.74) is -0.111. The highest BCUT2D eigenvalue weighted by Gasteiger charge is 2.23. The molecule has 0 heterocycles. The monoisotopic (exact) mass is 227 g/mol. The lowest BCUT2D eigenvalue weighted by Gasteiger charge is -2.32. The van der Waals surface area contributed by atoms with Gasteiger partial charge >= 0.3 is 0 Å². The summed E-state index contributed by atoms with van der Waals surface area (Å²) < 4.78 is 0. The number of nitrogens with one attached hydrogen (secondary N) is 1. The van der Waals surface area contributed by atoms with Gasteiger partial charge in [-0.15, -0.1) is 0 Å². The minimum Gasteiger partial charge on any atom is -0.394 e. The first-order valence-electron chi connectivity index (χ1n) is 6.93. The average Bonchev–Trinajstić information content (AvgIpc) is 2.29. The molecule has 1 saturated carbocycles. The van der Waals surface area contributed by atoms with Crippen molar-refractivity contribution in [3.8, 4) is 0 Å². The molecule has 0 atom stereocenters. The zero-order valence-electron chi connectivity index (χ0n) is 11.3. The molecule has 2 nitrogen and oxygen atoms in total. The lowest BCUT2D eigenvalue weighted by atomic mass is 9.80. The molecule has 0 amide bonds. The van der Waals surface area contributed by atoms with Crippen LogP contribution in [0, 0.1) is 11.8 Å². The summed E-state index contributed by atoms with van der Waals surface area (Å²) in [6.07, 6.45) is 8.34. The summed E-state index contributed by atoms with van der Waals surface area (Å²) in [5.74, 6) is 1.83. The van der Waals surface area contributed by atoms with E-state index in [1.165, 1.54) is 38.5 Å². The Morgan fingerprint density at radius 2 is 1.69 bits per heavy atom. The molecule has 0 aromatic rings. The van der Waals surface area contributed by atoms with E-state index in [0.717, 1.165) is 18.4 Å². The SMILES string of the molecule is CCCC1CCC(CNC(C)(C)CO)CC1. The van der Waals surface area contributed by atoms with Gasteiger partial charge in [-0.05, 0) is 45.1 Å². The third kappa shape index (κ3) is 4.84. The van der Waals surface area contributed by atoms with Crippen molar-refractivity contribution >= 4 is 0 Å². The Labute approximate surface area is 101 Å². The van der Waals surface area contributed by atoms with E-state index in [0.29, 0.717) is 0 Å². The second-order valence-corrected chi connectivity index (χ2v) is 6.10. The van der Waals surface area contributed by atoms with Crippen molar-refractivity contribution in [2.24, 2.45) is 11.8 Å². The van der Waals surface area contributed by atoms with E-state index in [-0.39, 0.29) is 12.1 Å². The smallest absolute Gasteiger partial charge is 0.0607 e. The molecular weight excluding hydrogens is 198 g/mol. The Kier molecular flexibility index (Phi) is 5.77. The molecule has 16 heavy (non-hydrogen) atoms. The van der Waals surface area contributed by atoms with Crippen molar-refractivity contribution in [3.05, 3.63) is 0 Å². The van der Waals surface area contributed by atoms with Crippen LogP contribution in [0.5, 0.6) is 0 Å². The largest absolute Gasteiger partial charge is 0.394 e. The molecule has 0 saturated heterocycles. The van der Waals surface area contributed by atoms with E-state index < -0.39 is 0 Å². The molecule has 0 aliphatic heterocycles. The summed E-state index contributed by atoms with van der Waals surface area (Å²) >= 11 is 0. The molecule has 0 spiro atoms. The van der Waals surface area contributed by atoms with Gasteiger partial charge in [0, 0.05) is 5.54 Å². The molecule has 0 aromatic carbocycles. The van der Waals surface area contributed by atoms with E-state index in [2.05, 4.69) is 26.1 Å². The fourth-order valence-corrected chi connectivity index (χ4v) is 2.61. The van der Waals surface area contributed by atoms with E-state index in [1.54, 1.807) is 0 Å². The van der Waals surface area contributed by atoms with Gasteiger partial charge in [-0.25, -0.2) is 0 Å². The molecule has 2 N–H and O–H groups in total. The van der Waals surface area contributed by atoms with Crippen LogP contribution in [0.3, 0.4) is 0 Å². The minimum atomic E-state index is -0.111. The molecule has 1 rings (SSSR count). The van der Waals surface area contributed by atoms with Crippen molar-refractivity contribution in [1.29, 1.82) is 0 Å². The summed E-state index contributed by atoms with van der Waals surface area (Å²) in [5, 5.41) is 12.6. The highest BCUT2D eigenvalue weighted by molar-refractivity contribution is 4.80. The predicted molar refractivity (Wildman–Crippen MR) is 69.5 cm³/mol. The van der Waals surface area contributed by atoms with Gasteiger partial charge in [0.1, 0.15) is 0 Å². The van der Waals surface area contributed by atoms with Crippen LogP contribution >= 0.6 is 0 Å². The van der Waals surface area contributed by atoms with Crippen LogP contribution in [-0.4, -0.2) is 23.8 Å². The molecule has 1 aliphatic carbocycles. The second kappa shape index (κ2) is 6.61. The average molecular weight is 227 g/mol. The van der Waals surface area contributed by atoms with Crippen LogP contribution in [0.25, 0.3) is 0 Å². The first-order chi connectivity index (χ1) is 7.57. The molecular formula is C14H29NO. The summed E-state index contributed by atoms with van der Waals surface area (Å²) in [6, 6.07) is 0. The van der Waals surface area contributed by atoms with Gasteiger partial charge in [0.15, 0.2) is 0 Å². The third-order valence-corrected chi connectivity index (χ3v) is 3.93.